The molecule has 0 spiro atoms. The molecule has 0 aliphatic rings. The first-order chi connectivity index (χ1) is 9.57. The van der Waals surface area contributed by atoms with Crippen LogP contribution in [0.15, 0.2) is 30.3 Å². The normalized spacial score (nSPS) is 13.6. The summed E-state index contributed by atoms with van der Waals surface area (Å²) in [4.78, 5) is 12.0. The van der Waals surface area contributed by atoms with E-state index in [0.717, 1.165) is 18.4 Å². The van der Waals surface area contributed by atoms with Crippen molar-refractivity contribution in [2.45, 2.75) is 64.6 Å². The van der Waals surface area contributed by atoms with Crippen LogP contribution in [0, 0.1) is 0 Å². The fourth-order valence-corrected chi connectivity index (χ4v) is 1.97. The number of rotatable bonds is 5. The summed E-state index contributed by atoms with van der Waals surface area (Å²) in [6, 6.07) is 9.81. The Kier molecular flexibility index (Phi) is 5.78. The lowest BCUT2D eigenvalue weighted by atomic mass is 9.93. The molecular formula is C17H28N2O2. The van der Waals surface area contributed by atoms with E-state index < -0.39 is 11.7 Å². The first-order valence-corrected chi connectivity index (χ1v) is 7.40. The summed E-state index contributed by atoms with van der Waals surface area (Å²) in [7, 11) is 0. The Morgan fingerprint density at radius 2 is 1.76 bits per heavy atom. The van der Waals surface area contributed by atoms with Gasteiger partial charge in [0.15, 0.2) is 0 Å². The third-order valence-electron chi connectivity index (χ3n) is 2.97. The highest BCUT2D eigenvalue weighted by atomic mass is 16.6. The van der Waals surface area contributed by atoms with E-state index >= 15 is 0 Å². The number of alkyl carbamates (subject to hydrolysis) is 1. The highest BCUT2D eigenvalue weighted by Crippen LogP contribution is 2.22. The maximum atomic E-state index is 12.0. The van der Waals surface area contributed by atoms with Crippen LogP contribution in [0.2, 0.25) is 0 Å². The van der Waals surface area contributed by atoms with Crippen LogP contribution in [0.1, 0.15) is 59.1 Å². The Balaban J connectivity index is 2.75. The van der Waals surface area contributed by atoms with Gasteiger partial charge in [-0.15, -0.1) is 0 Å². The molecule has 0 heterocycles. The molecule has 0 radical (unpaired) electrons. The van der Waals surface area contributed by atoms with Crippen molar-refractivity contribution in [2.75, 3.05) is 0 Å². The fraction of sp³-hybridized carbons (Fsp3) is 0.588. The van der Waals surface area contributed by atoms with Crippen molar-refractivity contribution in [3.8, 4) is 0 Å². The number of carbonyl (C=O) groups excluding carboxylic acids is 1. The molecule has 0 aliphatic heterocycles. The van der Waals surface area contributed by atoms with Gasteiger partial charge in [0.2, 0.25) is 0 Å². The summed E-state index contributed by atoms with van der Waals surface area (Å²) in [5.41, 5.74) is 6.35. The molecule has 1 aromatic rings. The summed E-state index contributed by atoms with van der Waals surface area (Å²) in [6.45, 7) is 9.54. The number of hydrogen-bond acceptors (Lipinski definition) is 3. The summed E-state index contributed by atoms with van der Waals surface area (Å²) in [5, 5.41) is 2.95. The van der Waals surface area contributed by atoms with E-state index in [2.05, 4.69) is 5.32 Å². The van der Waals surface area contributed by atoms with Crippen LogP contribution in [0.3, 0.4) is 0 Å². The van der Waals surface area contributed by atoms with E-state index in [9.17, 15) is 4.79 Å². The average Bonchev–Trinajstić information content (AvgIpc) is 2.32. The fourth-order valence-electron chi connectivity index (χ4n) is 1.97. The molecule has 1 amide bonds. The Morgan fingerprint density at radius 3 is 2.24 bits per heavy atom. The van der Waals surface area contributed by atoms with E-state index in [1.807, 2.05) is 65.0 Å². The van der Waals surface area contributed by atoms with Crippen molar-refractivity contribution >= 4 is 6.09 Å². The van der Waals surface area contributed by atoms with Crippen LogP contribution < -0.4 is 11.1 Å². The molecule has 4 heteroatoms. The minimum atomic E-state index is -0.502. The lowest BCUT2D eigenvalue weighted by Crippen LogP contribution is -2.37. The molecule has 0 aromatic heterocycles. The second-order valence-corrected chi connectivity index (χ2v) is 7.14. The van der Waals surface area contributed by atoms with E-state index in [1.54, 1.807) is 0 Å². The van der Waals surface area contributed by atoms with Crippen molar-refractivity contribution in [3.05, 3.63) is 35.9 Å². The zero-order valence-electron chi connectivity index (χ0n) is 13.8. The molecule has 0 saturated carbocycles. The van der Waals surface area contributed by atoms with Gasteiger partial charge in [-0.2, -0.15) is 0 Å². The van der Waals surface area contributed by atoms with Gasteiger partial charge in [-0.1, -0.05) is 30.3 Å². The van der Waals surface area contributed by atoms with Gasteiger partial charge in [-0.25, -0.2) is 4.79 Å². The van der Waals surface area contributed by atoms with Gasteiger partial charge in [-0.3, -0.25) is 0 Å². The van der Waals surface area contributed by atoms with Gasteiger partial charge in [0, 0.05) is 5.54 Å². The number of nitrogens with two attached hydrogens (primary N) is 1. The Bertz CT molecular complexity index is 444. The molecular weight excluding hydrogens is 264 g/mol. The highest BCUT2D eigenvalue weighted by Gasteiger charge is 2.22. The minimum Gasteiger partial charge on any atom is -0.444 e. The molecule has 21 heavy (non-hydrogen) atoms. The van der Waals surface area contributed by atoms with E-state index in [-0.39, 0.29) is 11.6 Å². The molecule has 0 saturated heterocycles. The highest BCUT2D eigenvalue weighted by molar-refractivity contribution is 5.68. The molecule has 0 aliphatic carbocycles. The molecule has 1 unspecified atom stereocenters. The Hall–Kier alpha value is -1.55. The lowest BCUT2D eigenvalue weighted by Gasteiger charge is -2.26. The van der Waals surface area contributed by atoms with Gasteiger partial charge in [0.25, 0.3) is 0 Å². The largest absolute Gasteiger partial charge is 0.444 e. The van der Waals surface area contributed by atoms with Crippen LogP contribution in [-0.4, -0.2) is 17.2 Å². The van der Waals surface area contributed by atoms with Crippen molar-refractivity contribution in [1.29, 1.82) is 0 Å². The first kappa shape index (κ1) is 17.5. The number of benzene rings is 1. The van der Waals surface area contributed by atoms with E-state index in [0.29, 0.717) is 0 Å². The third-order valence-corrected chi connectivity index (χ3v) is 2.97. The van der Waals surface area contributed by atoms with Gasteiger partial charge < -0.3 is 15.8 Å². The number of ether oxygens (including phenoxy) is 1. The quantitative estimate of drug-likeness (QED) is 0.868. The monoisotopic (exact) mass is 292 g/mol. The van der Waals surface area contributed by atoms with Crippen molar-refractivity contribution in [2.24, 2.45) is 5.73 Å². The summed E-state index contributed by atoms with van der Waals surface area (Å²) in [6.07, 6.45) is 1.18. The standard InChI is InChI=1S/C17H28N2O2/c1-16(2,3)21-15(20)19-14(11-12-17(4,5)18)13-9-7-6-8-10-13/h6-10,14H,11-12,18H2,1-5H3,(H,19,20). The van der Waals surface area contributed by atoms with Crippen molar-refractivity contribution < 1.29 is 9.53 Å². The molecule has 4 nitrogen and oxygen atoms in total. The topological polar surface area (TPSA) is 64.3 Å². The predicted octanol–water partition coefficient (Wildman–Crippen LogP) is 3.77. The Morgan fingerprint density at radius 1 is 1.19 bits per heavy atom. The van der Waals surface area contributed by atoms with E-state index in [4.69, 9.17) is 10.5 Å². The first-order valence-electron chi connectivity index (χ1n) is 7.40. The summed E-state index contributed by atoms with van der Waals surface area (Å²) >= 11 is 0. The summed E-state index contributed by atoms with van der Waals surface area (Å²) < 4.78 is 5.34. The van der Waals surface area contributed by atoms with Crippen LogP contribution in [-0.2, 0) is 4.74 Å². The zero-order chi connectivity index (χ0) is 16.1. The van der Waals surface area contributed by atoms with Crippen LogP contribution in [0.4, 0.5) is 4.79 Å². The molecule has 1 atom stereocenters. The second-order valence-electron chi connectivity index (χ2n) is 7.14. The average molecular weight is 292 g/mol. The smallest absolute Gasteiger partial charge is 0.408 e. The lowest BCUT2D eigenvalue weighted by molar-refractivity contribution is 0.0498. The molecule has 0 bridgehead atoms. The van der Waals surface area contributed by atoms with Crippen LogP contribution in [0.25, 0.3) is 0 Å². The van der Waals surface area contributed by atoms with Gasteiger partial charge >= 0.3 is 6.09 Å². The van der Waals surface area contributed by atoms with Gasteiger partial charge in [0.05, 0.1) is 6.04 Å². The molecule has 1 rings (SSSR count). The number of hydrogen-bond donors (Lipinski definition) is 2. The maximum Gasteiger partial charge on any atom is 0.408 e. The van der Waals surface area contributed by atoms with Gasteiger partial charge in [0.1, 0.15) is 5.60 Å². The molecule has 0 fully saturated rings. The van der Waals surface area contributed by atoms with Crippen LogP contribution in [0.5, 0.6) is 0 Å². The molecule has 118 valence electrons. The van der Waals surface area contributed by atoms with Gasteiger partial charge in [-0.05, 0) is 53.0 Å². The zero-order valence-corrected chi connectivity index (χ0v) is 13.8. The molecule has 1 aromatic carbocycles. The molecule has 3 N–H and O–H groups in total. The third kappa shape index (κ3) is 7.71. The number of nitrogens with one attached hydrogen (secondary N) is 1. The second kappa shape index (κ2) is 6.94. The Labute approximate surface area is 128 Å². The van der Waals surface area contributed by atoms with E-state index in [1.165, 1.54) is 0 Å². The van der Waals surface area contributed by atoms with Crippen LogP contribution >= 0.6 is 0 Å². The van der Waals surface area contributed by atoms with Crippen molar-refractivity contribution in [3.63, 3.8) is 0 Å². The SMILES string of the molecule is CC(C)(N)CCC(NC(=O)OC(C)(C)C)c1ccccc1. The number of carbonyl (C=O) groups is 1. The van der Waals surface area contributed by atoms with Crippen molar-refractivity contribution in [1.82, 2.24) is 5.32 Å². The summed E-state index contributed by atoms with van der Waals surface area (Å²) in [5.74, 6) is 0. The predicted molar refractivity (Wildman–Crippen MR) is 86.1 cm³/mol. The number of amides is 1. The maximum absolute atomic E-state index is 12.0. The minimum absolute atomic E-state index is 0.0936.